The van der Waals surface area contributed by atoms with Gasteiger partial charge in [-0.25, -0.2) is 9.97 Å². The number of halogens is 3. The van der Waals surface area contributed by atoms with Crippen LogP contribution in [-0.4, -0.2) is 47.5 Å². The van der Waals surface area contributed by atoms with Crippen LogP contribution in [0.15, 0.2) is 6.07 Å². The first-order chi connectivity index (χ1) is 9.35. The number of aryl methyl sites for hydroxylation is 1. The molecule has 1 fully saturated rings. The molecule has 0 aliphatic carbocycles. The average Bonchev–Trinajstić information content (AvgIpc) is 2.80. The first kappa shape index (κ1) is 15.0. The van der Waals surface area contributed by atoms with Crippen LogP contribution >= 0.6 is 0 Å². The van der Waals surface area contributed by atoms with Crippen molar-refractivity contribution in [1.82, 2.24) is 9.97 Å². The third-order valence-corrected chi connectivity index (χ3v) is 3.31. The molecule has 0 spiro atoms. The molecule has 8 heteroatoms. The lowest BCUT2D eigenvalue weighted by Gasteiger charge is -2.23. The van der Waals surface area contributed by atoms with Gasteiger partial charge in [0.2, 0.25) is 5.95 Å². The van der Waals surface area contributed by atoms with E-state index < -0.39 is 11.9 Å². The molecule has 1 aromatic rings. The largest absolute Gasteiger partial charge is 0.433 e. The highest BCUT2D eigenvalue weighted by molar-refractivity contribution is 5.37. The second kappa shape index (κ2) is 5.53. The number of hydrogen-bond donors (Lipinski definition) is 1. The molecule has 1 N–H and O–H groups in total. The second-order valence-electron chi connectivity index (χ2n) is 4.77. The lowest BCUT2D eigenvalue weighted by molar-refractivity contribution is -0.141. The lowest BCUT2D eigenvalue weighted by Crippen LogP contribution is -2.34. The van der Waals surface area contributed by atoms with E-state index in [2.05, 4.69) is 9.97 Å². The summed E-state index contributed by atoms with van der Waals surface area (Å²) in [7, 11) is 1.53. The van der Waals surface area contributed by atoms with Crippen molar-refractivity contribution in [2.45, 2.75) is 31.7 Å². The van der Waals surface area contributed by atoms with Gasteiger partial charge in [0.05, 0.1) is 18.8 Å². The van der Waals surface area contributed by atoms with Crippen molar-refractivity contribution in [2.24, 2.45) is 0 Å². The van der Waals surface area contributed by atoms with Crippen LogP contribution in [0.5, 0.6) is 0 Å². The molecular formula is C12H16F3N3O2. The zero-order valence-corrected chi connectivity index (χ0v) is 11.2. The summed E-state index contributed by atoms with van der Waals surface area (Å²) in [6, 6.07) is 0.573. The van der Waals surface area contributed by atoms with E-state index in [9.17, 15) is 18.3 Å². The zero-order chi connectivity index (χ0) is 14.9. The Morgan fingerprint density at radius 3 is 2.70 bits per heavy atom. The number of methoxy groups -OCH3 is 1. The molecule has 0 unspecified atom stereocenters. The molecule has 0 saturated carbocycles. The molecule has 112 valence electrons. The maximum Gasteiger partial charge on any atom is 0.433 e. The van der Waals surface area contributed by atoms with Gasteiger partial charge in [-0.3, -0.25) is 0 Å². The quantitative estimate of drug-likeness (QED) is 0.912. The van der Waals surface area contributed by atoms with Gasteiger partial charge in [0.15, 0.2) is 0 Å². The highest BCUT2D eigenvalue weighted by atomic mass is 19.4. The highest BCUT2D eigenvalue weighted by Crippen LogP contribution is 2.31. The number of hydrogen-bond acceptors (Lipinski definition) is 5. The van der Waals surface area contributed by atoms with E-state index in [1.165, 1.54) is 14.0 Å². The number of anilines is 1. The molecule has 2 atom stereocenters. The number of alkyl halides is 3. The lowest BCUT2D eigenvalue weighted by atomic mass is 10.2. The number of nitrogens with zero attached hydrogens (tertiary/aromatic N) is 3. The molecule has 0 aromatic carbocycles. The van der Waals surface area contributed by atoms with Crippen LogP contribution in [0.4, 0.5) is 19.1 Å². The van der Waals surface area contributed by atoms with E-state index in [4.69, 9.17) is 4.74 Å². The monoisotopic (exact) mass is 291 g/mol. The van der Waals surface area contributed by atoms with E-state index in [0.717, 1.165) is 6.07 Å². The van der Waals surface area contributed by atoms with Gasteiger partial charge in [-0.05, 0) is 19.4 Å². The van der Waals surface area contributed by atoms with Gasteiger partial charge < -0.3 is 14.7 Å². The van der Waals surface area contributed by atoms with E-state index >= 15 is 0 Å². The van der Waals surface area contributed by atoms with Crippen LogP contribution in [0.2, 0.25) is 0 Å². The smallest absolute Gasteiger partial charge is 0.394 e. The van der Waals surface area contributed by atoms with Crippen LogP contribution in [0.3, 0.4) is 0 Å². The number of aliphatic hydroxyl groups excluding tert-OH is 1. The fourth-order valence-corrected chi connectivity index (χ4v) is 2.29. The van der Waals surface area contributed by atoms with Crippen molar-refractivity contribution in [3.8, 4) is 0 Å². The van der Waals surface area contributed by atoms with Crippen molar-refractivity contribution in [1.29, 1.82) is 0 Å². The summed E-state index contributed by atoms with van der Waals surface area (Å²) in [5.74, 6) is -0.0177. The minimum atomic E-state index is -4.52. The molecule has 1 saturated heterocycles. The maximum atomic E-state index is 12.8. The first-order valence-electron chi connectivity index (χ1n) is 6.18. The summed E-state index contributed by atoms with van der Waals surface area (Å²) >= 11 is 0. The number of aromatic nitrogens is 2. The van der Waals surface area contributed by atoms with E-state index in [0.29, 0.717) is 13.0 Å². The van der Waals surface area contributed by atoms with Crippen LogP contribution in [0.1, 0.15) is 17.8 Å². The van der Waals surface area contributed by atoms with Gasteiger partial charge in [0.25, 0.3) is 0 Å². The van der Waals surface area contributed by atoms with Crippen molar-refractivity contribution >= 4 is 5.95 Å². The standard InChI is InChI=1S/C12H16F3N3O2/c1-7-3-10(12(13,14)15)17-11(16-7)18-5-9(20-2)4-8(18)6-19/h3,8-9,19H,4-6H2,1-2H3/t8-,9-/m0/s1. The molecule has 0 bridgehead atoms. The van der Waals surface area contributed by atoms with Crippen LogP contribution in [-0.2, 0) is 10.9 Å². The summed E-state index contributed by atoms with van der Waals surface area (Å²) in [6.45, 7) is 1.67. The van der Waals surface area contributed by atoms with E-state index in [-0.39, 0.29) is 30.4 Å². The van der Waals surface area contributed by atoms with Crippen LogP contribution in [0.25, 0.3) is 0 Å². The molecule has 2 rings (SSSR count). The van der Waals surface area contributed by atoms with Gasteiger partial charge in [0, 0.05) is 19.3 Å². The Kier molecular flexibility index (Phi) is 4.14. The Labute approximate surface area is 114 Å². The van der Waals surface area contributed by atoms with Gasteiger partial charge in [-0.15, -0.1) is 0 Å². The Morgan fingerprint density at radius 2 is 2.15 bits per heavy atom. The topological polar surface area (TPSA) is 58.5 Å². The molecule has 1 aliphatic heterocycles. The third-order valence-electron chi connectivity index (χ3n) is 3.31. The minimum Gasteiger partial charge on any atom is -0.394 e. The Balaban J connectivity index is 2.34. The van der Waals surface area contributed by atoms with Gasteiger partial charge >= 0.3 is 6.18 Å². The summed E-state index contributed by atoms with van der Waals surface area (Å²) in [5.41, 5.74) is -0.738. The maximum absolute atomic E-state index is 12.8. The van der Waals surface area contributed by atoms with E-state index in [1.807, 2.05) is 0 Å². The highest BCUT2D eigenvalue weighted by Gasteiger charge is 2.37. The fourth-order valence-electron chi connectivity index (χ4n) is 2.29. The summed E-state index contributed by atoms with van der Waals surface area (Å²) in [6.07, 6.45) is -4.13. The molecular weight excluding hydrogens is 275 g/mol. The Bertz CT molecular complexity index is 482. The molecule has 0 radical (unpaired) electrons. The van der Waals surface area contributed by atoms with Gasteiger partial charge in [-0.1, -0.05) is 0 Å². The van der Waals surface area contributed by atoms with Crippen molar-refractivity contribution in [3.63, 3.8) is 0 Å². The number of rotatable bonds is 3. The molecule has 0 amide bonds. The SMILES string of the molecule is CO[C@H]1C[C@@H](CO)N(c2nc(C)cc(C(F)(F)F)n2)C1. The Hall–Kier alpha value is -1.41. The second-order valence-corrected chi connectivity index (χ2v) is 4.77. The first-order valence-corrected chi connectivity index (χ1v) is 6.18. The van der Waals surface area contributed by atoms with Crippen molar-refractivity contribution < 1.29 is 23.0 Å². The molecule has 1 aromatic heterocycles. The van der Waals surface area contributed by atoms with Crippen LogP contribution < -0.4 is 4.90 Å². The summed E-state index contributed by atoms with van der Waals surface area (Å²) in [5, 5.41) is 9.33. The van der Waals surface area contributed by atoms with Gasteiger partial charge in [0.1, 0.15) is 5.69 Å². The minimum absolute atomic E-state index is 0.0177. The van der Waals surface area contributed by atoms with E-state index in [1.54, 1.807) is 4.90 Å². The predicted molar refractivity (Wildman–Crippen MR) is 65.4 cm³/mol. The normalized spacial score (nSPS) is 23.4. The summed E-state index contributed by atoms with van der Waals surface area (Å²) in [4.78, 5) is 9.19. The van der Waals surface area contributed by atoms with Crippen molar-refractivity contribution in [3.05, 3.63) is 17.5 Å². The third kappa shape index (κ3) is 3.01. The average molecular weight is 291 g/mol. The Morgan fingerprint density at radius 1 is 1.45 bits per heavy atom. The number of aliphatic hydroxyl groups is 1. The molecule has 5 nitrogen and oxygen atoms in total. The summed E-state index contributed by atoms with van der Waals surface area (Å²) < 4.78 is 43.5. The van der Waals surface area contributed by atoms with Gasteiger partial charge in [-0.2, -0.15) is 13.2 Å². The fraction of sp³-hybridized carbons (Fsp3) is 0.667. The molecule has 1 aliphatic rings. The van der Waals surface area contributed by atoms with Crippen LogP contribution in [0, 0.1) is 6.92 Å². The molecule has 2 heterocycles. The number of ether oxygens (including phenoxy) is 1. The predicted octanol–water partition coefficient (Wildman–Crippen LogP) is 1.39. The molecule has 20 heavy (non-hydrogen) atoms. The van der Waals surface area contributed by atoms with Crippen molar-refractivity contribution in [2.75, 3.05) is 25.2 Å². The zero-order valence-electron chi connectivity index (χ0n) is 11.2.